The zero-order valence-electron chi connectivity index (χ0n) is 7.70. The highest BCUT2D eigenvalue weighted by Gasteiger charge is 2.04. The maximum absolute atomic E-state index is 10.7. The fourth-order valence-electron chi connectivity index (χ4n) is 0.416. The first kappa shape index (κ1) is 12.5. The summed E-state index contributed by atoms with van der Waals surface area (Å²) in [7, 11) is 0. The van der Waals surface area contributed by atoms with Gasteiger partial charge in [-0.25, -0.2) is 0 Å². The molecule has 0 aliphatic rings. The summed E-state index contributed by atoms with van der Waals surface area (Å²) in [5.74, 6) is 4.15. The van der Waals surface area contributed by atoms with Gasteiger partial charge in [0.25, 0.3) is 0 Å². The minimum Gasteiger partial charge on any atom is -0.592 e. The van der Waals surface area contributed by atoms with Crippen LogP contribution in [0.5, 0.6) is 0 Å². The van der Waals surface area contributed by atoms with Gasteiger partial charge in [0.15, 0.2) is 13.2 Å². The molecule has 8 nitrogen and oxygen atoms in total. The van der Waals surface area contributed by atoms with Crippen LogP contribution in [0.25, 0.3) is 0 Å². The summed E-state index contributed by atoms with van der Waals surface area (Å²) in [6.07, 6.45) is 9.62. The molecule has 0 amide bonds. The molecule has 0 unspecified atom stereocenters. The van der Waals surface area contributed by atoms with Crippen molar-refractivity contribution in [1.82, 2.24) is 0 Å². The highest BCUT2D eigenvalue weighted by molar-refractivity contribution is 4.82. The largest absolute Gasteiger partial charge is 0.592 e. The highest BCUT2D eigenvalue weighted by Crippen LogP contribution is 1.84. The van der Waals surface area contributed by atoms with Gasteiger partial charge in [-0.2, -0.15) is 0 Å². The van der Waals surface area contributed by atoms with Gasteiger partial charge in [-0.05, 0) is 0 Å². The molecule has 0 radical (unpaired) electrons. The van der Waals surface area contributed by atoms with E-state index in [0.717, 1.165) is 0 Å². The van der Waals surface area contributed by atoms with Gasteiger partial charge in [0.05, 0.1) is 0 Å². The van der Waals surface area contributed by atoms with Crippen LogP contribution in [0.1, 0.15) is 0 Å². The van der Waals surface area contributed by atoms with Gasteiger partial charge in [-0.15, -0.1) is 12.8 Å². The van der Waals surface area contributed by atoms with Gasteiger partial charge in [-0.1, -0.05) is 11.8 Å². The topological polar surface area (TPSA) is 95.3 Å². The molecule has 0 N–H and O–H groups in total. The lowest BCUT2D eigenvalue weighted by Crippen LogP contribution is -2.14. The zero-order chi connectivity index (χ0) is 11.5. The van der Waals surface area contributed by atoms with Crippen LogP contribution in [0.4, 0.5) is 0 Å². The molecule has 0 bridgehead atoms. The van der Waals surface area contributed by atoms with Crippen LogP contribution < -0.4 is 0 Å². The normalized spacial score (nSPS) is 11.3. The van der Waals surface area contributed by atoms with Gasteiger partial charge >= 0.3 is 6.67 Å². The Labute approximate surface area is 85.9 Å². The average molecular weight is 212 g/mol. The Morgan fingerprint density at radius 1 is 1.00 bits per heavy atom. The average Bonchev–Trinajstić information content (AvgIpc) is 2.18. The molecule has 0 atom stereocenters. The van der Waals surface area contributed by atoms with Crippen LogP contribution in [-0.2, 0) is 9.68 Å². The van der Waals surface area contributed by atoms with E-state index >= 15 is 0 Å². The molecule has 0 saturated carbocycles. The predicted molar refractivity (Wildman–Crippen MR) is 46.5 cm³/mol. The first-order valence-electron chi connectivity index (χ1n) is 3.62. The quantitative estimate of drug-likeness (QED) is 0.154. The zero-order valence-corrected chi connectivity index (χ0v) is 7.70. The molecule has 0 aliphatic carbocycles. The van der Waals surface area contributed by atoms with Crippen molar-refractivity contribution >= 4 is 0 Å². The fraction of sp³-hybridized carbons (Fsp3) is 0.429. The van der Waals surface area contributed by atoms with Crippen LogP contribution >= 0.6 is 0 Å². The van der Waals surface area contributed by atoms with Crippen molar-refractivity contribution in [3.05, 3.63) is 10.4 Å². The summed E-state index contributed by atoms with van der Waals surface area (Å²) >= 11 is 0. The van der Waals surface area contributed by atoms with Gasteiger partial charge < -0.3 is 20.1 Å². The lowest BCUT2D eigenvalue weighted by molar-refractivity contribution is -0.750. The van der Waals surface area contributed by atoms with Crippen molar-refractivity contribution in [3.63, 3.8) is 0 Å². The molecule has 0 heterocycles. The Morgan fingerprint density at radius 3 is 1.73 bits per heavy atom. The maximum atomic E-state index is 10.7. The molecular formula is C7H8N4O4. The fourth-order valence-corrected chi connectivity index (χ4v) is 0.416. The summed E-state index contributed by atoms with van der Waals surface area (Å²) in [5, 5.41) is 27.3. The lowest BCUT2D eigenvalue weighted by atomic mass is 10.8. The van der Waals surface area contributed by atoms with Crippen molar-refractivity contribution in [2.24, 2.45) is 10.6 Å². The Kier molecular flexibility index (Phi) is 6.79. The Morgan fingerprint density at radius 2 is 1.40 bits per heavy atom. The standard InChI is InChI=1S/C7H8N4O4/c1-3-5-14-8-10(12)7-11(13)9-15-6-4-2/h1-2H,5-7H2/b10-8-,11-9-. The van der Waals surface area contributed by atoms with E-state index in [0.29, 0.717) is 0 Å². The van der Waals surface area contributed by atoms with Crippen molar-refractivity contribution in [1.29, 1.82) is 0 Å². The third kappa shape index (κ3) is 7.87. The molecule has 15 heavy (non-hydrogen) atoms. The molecule has 80 valence electrons. The summed E-state index contributed by atoms with van der Waals surface area (Å²) in [5.41, 5.74) is 0. The molecule has 0 aliphatic heterocycles. The second-order valence-electron chi connectivity index (χ2n) is 1.96. The second-order valence-corrected chi connectivity index (χ2v) is 1.96. The minimum absolute atomic E-state index is 0.0485. The molecule has 0 aromatic carbocycles. The van der Waals surface area contributed by atoms with E-state index in [2.05, 4.69) is 32.1 Å². The van der Waals surface area contributed by atoms with Crippen molar-refractivity contribution in [3.8, 4) is 24.7 Å². The van der Waals surface area contributed by atoms with Crippen molar-refractivity contribution in [2.45, 2.75) is 0 Å². The third-order valence-electron chi connectivity index (χ3n) is 0.835. The van der Waals surface area contributed by atoms with Crippen molar-refractivity contribution < 1.29 is 19.4 Å². The van der Waals surface area contributed by atoms with E-state index in [1.165, 1.54) is 0 Å². The van der Waals surface area contributed by atoms with E-state index in [9.17, 15) is 10.4 Å². The smallest absolute Gasteiger partial charge is 0.408 e. The third-order valence-corrected chi connectivity index (χ3v) is 0.835. The van der Waals surface area contributed by atoms with Crippen molar-refractivity contribution in [2.75, 3.05) is 19.9 Å². The SMILES string of the molecule is C#CCO/N=[N+](\[O-])C/[N+]([O-])=N/OCC#C. The monoisotopic (exact) mass is 212 g/mol. The predicted octanol–water partition coefficient (Wildman–Crippen LogP) is -0.00150. The first-order valence-corrected chi connectivity index (χ1v) is 3.62. The summed E-state index contributed by atoms with van der Waals surface area (Å²) in [6.45, 7) is -1.04. The number of hydroxylamine groups is 2. The summed E-state index contributed by atoms with van der Waals surface area (Å²) in [6, 6.07) is 0. The van der Waals surface area contributed by atoms with Crippen LogP contribution in [-0.4, -0.2) is 29.6 Å². The van der Waals surface area contributed by atoms with Crippen LogP contribution in [0.3, 0.4) is 0 Å². The van der Waals surface area contributed by atoms with Crippen LogP contribution in [0.2, 0.25) is 0 Å². The Balaban J connectivity index is 3.90. The van der Waals surface area contributed by atoms with E-state index in [1.54, 1.807) is 0 Å². The molecule has 0 rings (SSSR count). The number of rotatable bonds is 6. The van der Waals surface area contributed by atoms with Gasteiger partial charge in [0, 0.05) is 9.72 Å². The van der Waals surface area contributed by atoms with E-state index in [1.807, 2.05) is 0 Å². The van der Waals surface area contributed by atoms with Crippen LogP contribution in [0, 0.1) is 35.1 Å². The molecule has 0 fully saturated rings. The first-order chi connectivity index (χ1) is 7.20. The summed E-state index contributed by atoms with van der Waals surface area (Å²) in [4.78, 5) is 8.49. The van der Waals surface area contributed by atoms with Gasteiger partial charge in [-0.3, -0.25) is 0 Å². The van der Waals surface area contributed by atoms with Gasteiger partial charge in [0.2, 0.25) is 10.6 Å². The molecule has 0 spiro atoms. The van der Waals surface area contributed by atoms with E-state index < -0.39 is 6.67 Å². The number of hydrogen-bond acceptors (Lipinski definition) is 6. The van der Waals surface area contributed by atoms with E-state index in [4.69, 9.17) is 12.8 Å². The number of hydrogen-bond donors (Lipinski definition) is 0. The summed E-state index contributed by atoms with van der Waals surface area (Å²) < 4.78 is 0. The minimum atomic E-state index is -0.713. The van der Waals surface area contributed by atoms with Gasteiger partial charge in [0.1, 0.15) is 0 Å². The molecule has 0 aromatic rings. The molecular weight excluding hydrogens is 204 g/mol. The number of terminal acetylenes is 2. The second kappa shape index (κ2) is 8.13. The molecule has 0 saturated heterocycles. The Hall–Kier alpha value is -2.48. The Bertz CT molecular complexity index is 293. The van der Waals surface area contributed by atoms with E-state index in [-0.39, 0.29) is 22.9 Å². The maximum Gasteiger partial charge on any atom is 0.408 e. The van der Waals surface area contributed by atoms with Crippen LogP contribution in [0.15, 0.2) is 10.6 Å². The highest BCUT2D eigenvalue weighted by atomic mass is 16.7. The lowest BCUT2D eigenvalue weighted by Gasteiger charge is -1.97. The molecule has 8 heteroatoms. The number of nitrogens with zero attached hydrogens (tertiary/aromatic N) is 4. The molecule has 0 aromatic heterocycles.